The van der Waals surface area contributed by atoms with Crippen molar-refractivity contribution in [3.8, 4) is 0 Å². The number of rotatable bonds is 4. The van der Waals surface area contributed by atoms with Crippen LogP contribution in [0.15, 0.2) is 54.6 Å². The highest BCUT2D eigenvalue weighted by Crippen LogP contribution is 2.31. The summed E-state index contributed by atoms with van der Waals surface area (Å²) in [7, 11) is 1.95. The normalized spacial score (nSPS) is 21.2. The number of carbonyl (C=O) groups is 1. The third-order valence-corrected chi connectivity index (χ3v) is 4.56. The van der Waals surface area contributed by atoms with Crippen LogP contribution in [-0.4, -0.2) is 19.0 Å². The van der Waals surface area contributed by atoms with Gasteiger partial charge in [-0.05, 0) is 37.1 Å². The van der Waals surface area contributed by atoms with Crippen LogP contribution < -0.4 is 10.6 Å². The van der Waals surface area contributed by atoms with Crippen LogP contribution in [0.5, 0.6) is 0 Å². The maximum Gasteiger partial charge on any atom is 0.227 e. The molecule has 2 N–H and O–H groups in total. The predicted molar refractivity (Wildman–Crippen MR) is 88.7 cm³/mol. The van der Waals surface area contributed by atoms with Crippen molar-refractivity contribution in [2.24, 2.45) is 0 Å². The molecule has 1 aliphatic carbocycles. The fourth-order valence-electron chi connectivity index (χ4n) is 3.29. The van der Waals surface area contributed by atoms with Crippen LogP contribution in [0, 0.1) is 0 Å². The number of likely N-dealkylation sites (N-methyl/N-ethyl adjacent to an activating group) is 1. The lowest BCUT2D eigenvalue weighted by Crippen LogP contribution is -2.43. The second kappa shape index (κ2) is 6.32. The number of hydrogen-bond acceptors (Lipinski definition) is 2. The summed E-state index contributed by atoms with van der Waals surface area (Å²) in [5, 5.41) is 6.56. The van der Waals surface area contributed by atoms with Crippen molar-refractivity contribution in [1.29, 1.82) is 0 Å². The van der Waals surface area contributed by atoms with E-state index in [9.17, 15) is 4.79 Å². The van der Waals surface area contributed by atoms with Crippen LogP contribution in [0.25, 0.3) is 0 Å². The Balaban J connectivity index is 1.73. The van der Waals surface area contributed by atoms with Gasteiger partial charge in [-0.15, -0.1) is 0 Å². The van der Waals surface area contributed by atoms with Crippen molar-refractivity contribution in [1.82, 2.24) is 10.6 Å². The van der Waals surface area contributed by atoms with E-state index < -0.39 is 0 Å². The summed E-state index contributed by atoms with van der Waals surface area (Å²) in [4.78, 5) is 12.6. The van der Waals surface area contributed by atoms with E-state index in [1.807, 2.05) is 44.3 Å². The second-order valence-corrected chi connectivity index (χ2v) is 5.92. The molecule has 0 bridgehead atoms. The molecule has 0 fully saturated rings. The molecule has 0 spiro atoms. The fraction of sp³-hybridized carbons (Fsp3) is 0.316. The van der Waals surface area contributed by atoms with Gasteiger partial charge in [-0.25, -0.2) is 0 Å². The lowest BCUT2D eigenvalue weighted by molar-refractivity contribution is -0.123. The second-order valence-electron chi connectivity index (χ2n) is 5.92. The molecule has 0 saturated carbocycles. The maximum atomic E-state index is 12.6. The molecule has 3 heteroatoms. The minimum atomic E-state index is -0.137. The summed E-state index contributed by atoms with van der Waals surface area (Å²) in [6.45, 7) is 1.96. The molecule has 2 aromatic rings. The van der Waals surface area contributed by atoms with Crippen LogP contribution in [0.4, 0.5) is 0 Å². The molecule has 0 heterocycles. The van der Waals surface area contributed by atoms with E-state index in [0.717, 1.165) is 12.0 Å². The van der Waals surface area contributed by atoms with Gasteiger partial charge < -0.3 is 10.6 Å². The van der Waals surface area contributed by atoms with Gasteiger partial charge in [0.25, 0.3) is 0 Å². The summed E-state index contributed by atoms with van der Waals surface area (Å²) < 4.78 is 0. The van der Waals surface area contributed by atoms with Crippen molar-refractivity contribution in [3.05, 3.63) is 71.3 Å². The Kier molecular flexibility index (Phi) is 4.25. The third kappa shape index (κ3) is 2.77. The summed E-state index contributed by atoms with van der Waals surface area (Å²) >= 11 is 0. The molecule has 3 rings (SSSR count). The number of benzene rings is 2. The molecule has 0 aliphatic heterocycles. The zero-order chi connectivity index (χ0) is 15.5. The monoisotopic (exact) mass is 294 g/mol. The summed E-state index contributed by atoms with van der Waals surface area (Å²) in [6.07, 6.45) is 0.884. The average molecular weight is 294 g/mol. The van der Waals surface area contributed by atoms with Gasteiger partial charge in [-0.2, -0.15) is 0 Å². The molecule has 3 atom stereocenters. The van der Waals surface area contributed by atoms with E-state index in [-0.39, 0.29) is 23.9 Å². The van der Waals surface area contributed by atoms with Gasteiger partial charge >= 0.3 is 0 Å². The predicted octanol–water partition coefficient (Wildman–Crippen LogP) is 2.79. The smallest absolute Gasteiger partial charge is 0.227 e. The Morgan fingerprint density at radius 1 is 1.09 bits per heavy atom. The Morgan fingerprint density at radius 3 is 2.50 bits per heavy atom. The highest BCUT2D eigenvalue weighted by atomic mass is 16.1. The van der Waals surface area contributed by atoms with Gasteiger partial charge in [0.05, 0.1) is 18.0 Å². The van der Waals surface area contributed by atoms with Gasteiger partial charge in [-0.1, -0.05) is 54.6 Å². The molecular weight excluding hydrogens is 272 g/mol. The largest absolute Gasteiger partial charge is 0.351 e. The van der Waals surface area contributed by atoms with Crippen molar-refractivity contribution >= 4 is 5.91 Å². The maximum absolute atomic E-state index is 12.6. The Bertz CT molecular complexity index is 653. The molecule has 22 heavy (non-hydrogen) atoms. The van der Waals surface area contributed by atoms with Crippen LogP contribution >= 0.6 is 0 Å². The molecule has 114 valence electrons. The highest BCUT2D eigenvalue weighted by molar-refractivity contribution is 5.83. The van der Waals surface area contributed by atoms with Crippen LogP contribution in [0.3, 0.4) is 0 Å². The Morgan fingerprint density at radius 2 is 1.77 bits per heavy atom. The van der Waals surface area contributed by atoms with Crippen molar-refractivity contribution < 1.29 is 4.79 Å². The van der Waals surface area contributed by atoms with Gasteiger partial charge in [0.2, 0.25) is 5.91 Å². The Hall–Kier alpha value is -2.13. The van der Waals surface area contributed by atoms with Gasteiger partial charge in [-0.3, -0.25) is 4.79 Å². The molecule has 1 unspecified atom stereocenters. The number of hydrogen-bond donors (Lipinski definition) is 2. The van der Waals surface area contributed by atoms with Crippen molar-refractivity contribution in [3.63, 3.8) is 0 Å². The Labute approximate surface area is 131 Å². The topological polar surface area (TPSA) is 41.1 Å². The molecule has 0 saturated heterocycles. The van der Waals surface area contributed by atoms with Crippen LogP contribution in [0.2, 0.25) is 0 Å². The van der Waals surface area contributed by atoms with Crippen LogP contribution in [0.1, 0.15) is 35.6 Å². The summed E-state index contributed by atoms with van der Waals surface area (Å²) in [6, 6.07) is 18.6. The first kappa shape index (κ1) is 14.8. The zero-order valence-electron chi connectivity index (χ0n) is 13.0. The van der Waals surface area contributed by atoms with E-state index >= 15 is 0 Å². The van der Waals surface area contributed by atoms with Crippen molar-refractivity contribution in [2.45, 2.75) is 31.3 Å². The minimum absolute atomic E-state index is 0.0873. The molecule has 2 aromatic carbocycles. The molecule has 1 aliphatic rings. The third-order valence-electron chi connectivity index (χ3n) is 4.56. The number of nitrogens with one attached hydrogen (secondary N) is 2. The van der Waals surface area contributed by atoms with E-state index in [1.54, 1.807) is 0 Å². The number of amides is 1. The van der Waals surface area contributed by atoms with Crippen molar-refractivity contribution in [2.75, 3.05) is 7.05 Å². The van der Waals surface area contributed by atoms with E-state index in [1.165, 1.54) is 11.1 Å². The van der Waals surface area contributed by atoms with Gasteiger partial charge in [0.15, 0.2) is 0 Å². The number of carbonyl (C=O) groups excluding carboxylic acids is 1. The van der Waals surface area contributed by atoms with E-state index in [2.05, 4.69) is 34.9 Å². The van der Waals surface area contributed by atoms with E-state index in [4.69, 9.17) is 0 Å². The molecule has 1 amide bonds. The quantitative estimate of drug-likeness (QED) is 0.910. The first-order valence-corrected chi connectivity index (χ1v) is 7.81. The highest BCUT2D eigenvalue weighted by Gasteiger charge is 2.33. The SMILES string of the molecule is CN[C@H]1c2ccccc2C[C@@H]1NC(=O)C(C)c1ccccc1. The molecule has 3 nitrogen and oxygen atoms in total. The first-order valence-electron chi connectivity index (χ1n) is 7.81. The first-order chi connectivity index (χ1) is 10.7. The minimum Gasteiger partial charge on any atom is -0.351 e. The standard InChI is InChI=1S/C19H22N2O/c1-13(14-8-4-3-5-9-14)19(22)21-17-12-15-10-6-7-11-16(15)18(17)20-2/h3-11,13,17-18,20H,12H2,1-2H3,(H,21,22)/t13?,17-,18-/m0/s1. The lowest BCUT2D eigenvalue weighted by atomic mass is 9.99. The molecule has 0 aromatic heterocycles. The average Bonchev–Trinajstić information content (AvgIpc) is 2.91. The summed E-state index contributed by atoms with van der Waals surface area (Å²) in [5.74, 6) is -0.0494. The van der Waals surface area contributed by atoms with Crippen LogP contribution in [-0.2, 0) is 11.2 Å². The van der Waals surface area contributed by atoms with Gasteiger partial charge in [0.1, 0.15) is 0 Å². The number of fused-ring (bicyclic) bond motifs is 1. The summed E-state index contributed by atoms with van der Waals surface area (Å²) in [5.41, 5.74) is 3.67. The molecule has 0 radical (unpaired) electrons. The zero-order valence-corrected chi connectivity index (χ0v) is 13.0. The fourth-order valence-corrected chi connectivity index (χ4v) is 3.29. The van der Waals surface area contributed by atoms with Gasteiger partial charge in [0, 0.05) is 0 Å². The van der Waals surface area contributed by atoms with E-state index in [0.29, 0.717) is 0 Å². The lowest BCUT2D eigenvalue weighted by Gasteiger charge is -2.23. The molecular formula is C19H22N2O.